The molecular weight excluding hydrogens is 396 g/mol. The number of hydrogen-bond acceptors (Lipinski definition) is 3. The van der Waals surface area contributed by atoms with Gasteiger partial charge in [-0.2, -0.15) is 0 Å². The predicted molar refractivity (Wildman–Crippen MR) is 131 cm³/mol. The Morgan fingerprint density at radius 2 is 1.53 bits per heavy atom. The van der Waals surface area contributed by atoms with Crippen LogP contribution in [0, 0.1) is 0 Å². The van der Waals surface area contributed by atoms with Gasteiger partial charge in [0.15, 0.2) is 0 Å². The molecule has 1 fully saturated rings. The Balaban J connectivity index is 1.20. The predicted octanol–water partition coefficient (Wildman–Crippen LogP) is 4.75. The number of benzene rings is 3. The number of piperazine rings is 1. The minimum atomic E-state index is -0.0796. The fourth-order valence-electron chi connectivity index (χ4n) is 4.48. The molecular formula is C27H28N4O. The quantitative estimate of drug-likeness (QED) is 0.503. The zero-order valence-corrected chi connectivity index (χ0v) is 18.4. The van der Waals surface area contributed by atoms with E-state index in [1.165, 1.54) is 11.3 Å². The summed E-state index contributed by atoms with van der Waals surface area (Å²) in [5.41, 5.74) is 5.13. The fraction of sp³-hybridized carbons (Fsp3) is 0.222. The monoisotopic (exact) mass is 424 g/mol. The Hall–Kier alpha value is -3.57. The lowest BCUT2D eigenvalue weighted by molar-refractivity contribution is 0.102. The van der Waals surface area contributed by atoms with Crippen LogP contribution in [0.5, 0.6) is 0 Å². The molecule has 1 aliphatic heterocycles. The molecule has 0 atom stereocenters. The van der Waals surface area contributed by atoms with Crippen LogP contribution in [0.15, 0.2) is 85.1 Å². The number of aromatic nitrogens is 1. The van der Waals surface area contributed by atoms with E-state index in [4.69, 9.17) is 0 Å². The number of hydrogen-bond donors (Lipinski definition) is 1. The van der Waals surface area contributed by atoms with Crippen LogP contribution in [0.1, 0.15) is 15.9 Å². The van der Waals surface area contributed by atoms with Crippen LogP contribution >= 0.6 is 0 Å². The van der Waals surface area contributed by atoms with Crippen molar-refractivity contribution in [1.29, 1.82) is 0 Å². The van der Waals surface area contributed by atoms with Gasteiger partial charge in [0.2, 0.25) is 0 Å². The molecule has 4 aromatic rings. The molecule has 0 unspecified atom stereocenters. The van der Waals surface area contributed by atoms with Crippen LogP contribution in [0.25, 0.3) is 10.9 Å². The van der Waals surface area contributed by atoms with Crippen LogP contribution in [0.3, 0.4) is 0 Å². The summed E-state index contributed by atoms with van der Waals surface area (Å²) < 4.78 is 1.99. The number of rotatable bonds is 5. The van der Waals surface area contributed by atoms with Gasteiger partial charge in [0.25, 0.3) is 5.91 Å². The summed E-state index contributed by atoms with van der Waals surface area (Å²) in [6, 6.07) is 26.8. The van der Waals surface area contributed by atoms with E-state index in [1.54, 1.807) is 0 Å². The second-order valence-corrected chi connectivity index (χ2v) is 8.42. The first-order valence-corrected chi connectivity index (χ1v) is 11.1. The lowest BCUT2D eigenvalue weighted by Crippen LogP contribution is -2.45. The van der Waals surface area contributed by atoms with Gasteiger partial charge in [-0.25, -0.2) is 0 Å². The van der Waals surface area contributed by atoms with Gasteiger partial charge in [0, 0.05) is 68.2 Å². The van der Waals surface area contributed by atoms with Crippen LogP contribution in [0.2, 0.25) is 0 Å². The first-order valence-electron chi connectivity index (χ1n) is 11.1. The van der Waals surface area contributed by atoms with Gasteiger partial charge < -0.3 is 14.8 Å². The molecule has 0 radical (unpaired) electrons. The minimum Gasteiger partial charge on any atom is -0.369 e. The molecule has 162 valence electrons. The molecule has 2 heterocycles. The third-order valence-electron chi connectivity index (χ3n) is 6.25. The summed E-state index contributed by atoms with van der Waals surface area (Å²) in [4.78, 5) is 17.8. The van der Waals surface area contributed by atoms with Crippen molar-refractivity contribution in [2.75, 3.05) is 36.4 Å². The average molecular weight is 425 g/mol. The van der Waals surface area contributed by atoms with E-state index in [9.17, 15) is 4.79 Å². The van der Waals surface area contributed by atoms with Gasteiger partial charge in [-0.3, -0.25) is 9.69 Å². The highest BCUT2D eigenvalue weighted by Gasteiger charge is 2.18. The maximum atomic E-state index is 12.9. The topological polar surface area (TPSA) is 40.5 Å². The first kappa shape index (κ1) is 20.3. The Morgan fingerprint density at radius 1 is 0.844 bits per heavy atom. The molecule has 5 rings (SSSR count). The molecule has 1 amide bonds. The largest absolute Gasteiger partial charge is 0.369 e. The highest BCUT2D eigenvalue weighted by Crippen LogP contribution is 2.23. The molecule has 1 saturated heterocycles. The molecule has 1 aromatic heterocycles. The lowest BCUT2D eigenvalue weighted by Gasteiger charge is -2.36. The molecule has 0 saturated carbocycles. The van der Waals surface area contributed by atoms with Gasteiger partial charge in [0.05, 0.1) is 5.56 Å². The number of nitrogens with zero attached hydrogens (tertiary/aromatic N) is 3. The number of anilines is 2. The lowest BCUT2D eigenvalue weighted by atomic mass is 10.1. The number of carbonyl (C=O) groups is 1. The summed E-state index contributed by atoms with van der Waals surface area (Å²) >= 11 is 0. The van der Waals surface area contributed by atoms with Gasteiger partial charge in [-0.1, -0.05) is 48.5 Å². The van der Waals surface area contributed by atoms with Gasteiger partial charge in [-0.05, 0) is 35.9 Å². The smallest absolute Gasteiger partial charge is 0.257 e. The molecule has 32 heavy (non-hydrogen) atoms. The maximum absolute atomic E-state index is 12.9. The summed E-state index contributed by atoms with van der Waals surface area (Å²) in [5.74, 6) is -0.0796. The van der Waals surface area contributed by atoms with E-state index in [-0.39, 0.29) is 5.91 Å². The second-order valence-electron chi connectivity index (χ2n) is 8.42. The van der Waals surface area contributed by atoms with Crippen molar-refractivity contribution in [1.82, 2.24) is 9.47 Å². The van der Waals surface area contributed by atoms with E-state index >= 15 is 0 Å². The fourth-order valence-corrected chi connectivity index (χ4v) is 4.48. The standard InChI is InChI=1S/C27H28N4O/c1-29-20-25(24-9-5-6-10-26(24)29)27(32)28-22-11-13-23(14-12-22)31-17-15-30(16-18-31)19-21-7-3-2-4-8-21/h2-14,20H,15-19H2,1H3,(H,28,32). The van der Waals surface area contributed by atoms with Crippen LogP contribution in [-0.2, 0) is 13.6 Å². The third-order valence-corrected chi connectivity index (χ3v) is 6.25. The summed E-state index contributed by atoms with van der Waals surface area (Å²) in [6.45, 7) is 5.12. The van der Waals surface area contributed by atoms with E-state index in [1.807, 2.05) is 54.2 Å². The van der Waals surface area contributed by atoms with Crippen molar-refractivity contribution >= 4 is 28.2 Å². The van der Waals surface area contributed by atoms with Crippen LogP contribution < -0.4 is 10.2 Å². The number of carbonyl (C=O) groups excluding carboxylic acids is 1. The number of para-hydroxylation sites is 1. The van der Waals surface area contributed by atoms with Gasteiger partial charge in [0.1, 0.15) is 0 Å². The van der Waals surface area contributed by atoms with E-state index in [2.05, 4.69) is 57.6 Å². The first-order chi connectivity index (χ1) is 15.7. The molecule has 0 aliphatic carbocycles. The Labute approximate surface area is 188 Å². The highest BCUT2D eigenvalue weighted by atomic mass is 16.1. The number of nitrogens with one attached hydrogen (secondary N) is 1. The van der Waals surface area contributed by atoms with Crippen LogP contribution in [-0.4, -0.2) is 41.6 Å². The SMILES string of the molecule is Cn1cc(C(=O)Nc2ccc(N3CCN(Cc4ccccc4)CC3)cc2)c2ccccc21. The highest BCUT2D eigenvalue weighted by molar-refractivity contribution is 6.13. The van der Waals surface area contributed by atoms with Crippen molar-refractivity contribution in [3.63, 3.8) is 0 Å². The molecule has 1 N–H and O–H groups in total. The van der Waals surface area contributed by atoms with Gasteiger partial charge in [-0.15, -0.1) is 0 Å². The summed E-state index contributed by atoms with van der Waals surface area (Å²) in [5, 5.41) is 4.02. The van der Waals surface area contributed by atoms with Crippen molar-refractivity contribution in [2.45, 2.75) is 6.54 Å². The third kappa shape index (κ3) is 4.25. The average Bonchev–Trinajstić information content (AvgIpc) is 3.18. The van der Waals surface area contributed by atoms with Crippen molar-refractivity contribution < 1.29 is 4.79 Å². The Bertz CT molecular complexity index is 1210. The number of fused-ring (bicyclic) bond motifs is 1. The zero-order chi connectivity index (χ0) is 21.9. The van der Waals surface area contributed by atoms with Crippen molar-refractivity contribution in [2.24, 2.45) is 7.05 Å². The van der Waals surface area contributed by atoms with E-state index in [0.717, 1.165) is 49.3 Å². The summed E-state index contributed by atoms with van der Waals surface area (Å²) in [6.07, 6.45) is 1.89. The van der Waals surface area contributed by atoms with Crippen molar-refractivity contribution in [3.8, 4) is 0 Å². The van der Waals surface area contributed by atoms with Crippen molar-refractivity contribution in [3.05, 3.63) is 96.2 Å². The normalized spacial score (nSPS) is 14.6. The Morgan fingerprint density at radius 3 is 2.28 bits per heavy atom. The molecule has 5 heteroatoms. The molecule has 3 aromatic carbocycles. The van der Waals surface area contributed by atoms with E-state index in [0.29, 0.717) is 5.56 Å². The maximum Gasteiger partial charge on any atom is 0.257 e. The molecule has 1 aliphatic rings. The molecule has 0 spiro atoms. The zero-order valence-electron chi connectivity index (χ0n) is 18.4. The summed E-state index contributed by atoms with van der Waals surface area (Å²) in [7, 11) is 1.97. The Kier molecular flexibility index (Phi) is 5.65. The molecule has 5 nitrogen and oxygen atoms in total. The molecule has 0 bridgehead atoms. The van der Waals surface area contributed by atoms with Crippen LogP contribution in [0.4, 0.5) is 11.4 Å². The van der Waals surface area contributed by atoms with E-state index < -0.39 is 0 Å². The van der Waals surface area contributed by atoms with Gasteiger partial charge >= 0.3 is 0 Å². The second kappa shape index (κ2) is 8.89. The minimum absolute atomic E-state index is 0.0796. The number of aryl methyl sites for hydroxylation is 1. The number of amides is 1.